The molecule has 0 bridgehead atoms. The molecule has 0 rings (SSSR count). The monoisotopic (exact) mass is 698 g/mol. The molecule has 2 N–H and O–H groups in total. The molecule has 0 fully saturated rings. The largest absolute Gasteiger partial charge is 0.469 e. The fourth-order valence-corrected chi connectivity index (χ4v) is 5.74. The number of unbranched alkanes of at least 4 members (excludes halogenated alkanes) is 21. The molecule has 0 spiro atoms. The van der Waals surface area contributed by atoms with Gasteiger partial charge in [-0.15, -0.1) is 6.58 Å². The summed E-state index contributed by atoms with van der Waals surface area (Å²) in [5.41, 5.74) is 0. The van der Waals surface area contributed by atoms with Gasteiger partial charge in [0.2, 0.25) is 0 Å². The first-order valence-corrected chi connectivity index (χ1v) is 20.8. The van der Waals surface area contributed by atoms with Crippen molar-refractivity contribution in [3.05, 3.63) is 37.0 Å². The smallest absolute Gasteiger partial charge is 0.462 e. The van der Waals surface area contributed by atoms with Gasteiger partial charge in [0.25, 0.3) is 0 Å². The Morgan fingerprint density at radius 2 is 1.04 bits per heavy atom. The van der Waals surface area contributed by atoms with E-state index in [-0.39, 0.29) is 19.4 Å². The first-order chi connectivity index (χ1) is 23.3. The molecule has 8 nitrogen and oxygen atoms in total. The van der Waals surface area contributed by atoms with E-state index >= 15 is 0 Å². The average molecular weight is 699 g/mol. The Kier molecular flexibility index (Phi) is 33.8. The van der Waals surface area contributed by atoms with E-state index < -0.39 is 32.5 Å². The predicted octanol–water partition coefficient (Wildman–Crippen LogP) is 11.4. The molecular formula is C39H71O8P. The summed E-state index contributed by atoms with van der Waals surface area (Å²) in [4.78, 5) is 42.7. The van der Waals surface area contributed by atoms with Crippen LogP contribution in [0.15, 0.2) is 37.0 Å². The van der Waals surface area contributed by atoms with Crippen LogP contribution in [0.25, 0.3) is 0 Å². The Balaban J connectivity index is 3.99. The lowest BCUT2D eigenvalue weighted by atomic mass is 10.0. The SMILES string of the molecule is C=CCCCCCCCCCCCCCCCC(=O)OC[C@H](COP(=O)(O)O)OC(=O)CCCC/C=C/C/C=C/CCCCCCCC. The van der Waals surface area contributed by atoms with Crippen molar-refractivity contribution in [2.75, 3.05) is 13.2 Å². The van der Waals surface area contributed by atoms with Crippen molar-refractivity contribution in [1.82, 2.24) is 0 Å². The number of ether oxygens (including phenoxy) is 2. The Morgan fingerprint density at radius 3 is 1.56 bits per heavy atom. The van der Waals surface area contributed by atoms with Crippen LogP contribution in [0, 0.1) is 0 Å². The topological polar surface area (TPSA) is 119 Å². The predicted molar refractivity (Wildman–Crippen MR) is 198 cm³/mol. The summed E-state index contributed by atoms with van der Waals surface area (Å²) < 4.78 is 26.3. The zero-order valence-electron chi connectivity index (χ0n) is 30.5. The summed E-state index contributed by atoms with van der Waals surface area (Å²) >= 11 is 0. The second kappa shape index (κ2) is 35.1. The summed E-state index contributed by atoms with van der Waals surface area (Å²) in [6.07, 6.45) is 39.0. The molecule has 0 saturated heterocycles. The molecule has 1 atom stereocenters. The molecule has 0 aliphatic heterocycles. The van der Waals surface area contributed by atoms with Crippen LogP contribution in [0.4, 0.5) is 0 Å². The first-order valence-electron chi connectivity index (χ1n) is 19.2. The Hall–Kier alpha value is -1.73. The number of hydrogen-bond donors (Lipinski definition) is 2. The van der Waals surface area contributed by atoms with Gasteiger partial charge in [0, 0.05) is 12.8 Å². The molecule has 0 aliphatic rings. The standard InChI is InChI=1S/C39H71O8P/c1-3-5-7-9-11-13-15-17-19-21-23-25-27-29-31-33-38(40)45-35-37(36-46-48(42,43)44)47-39(41)34-32-30-28-26-24-22-20-18-16-14-12-10-8-6-4-2/h3,18,20,24,26,37H,1,4-17,19,21-23,25,27-36H2,2H3,(H2,42,43,44)/b20-18+,26-24+/t37-/m1/s1. The second-order valence-electron chi connectivity index (χ2n) is 13.0. The number of carbonyl (C=O) groups is 2. The minimum Gasteiger partial charge on any atom is -0.462 e. The highest BCUT2D eigenvalue weighted by Gasteiger charge is 2.22. The van der Waals surface area contributed by atoms with E-state index in [0.717, 1.165) is 51.4 Å². The first kappa shape index (κ1) is 46.3. The van der Waals surface area contributed by atoms with Crippen LogP contribution < -0.4 is 0 Å². The number of phosphoric ester groups is 1. The summed E-state index contributed by atoms with van der Waals surface area (Å²) in [7, 11) is -4.76. The van der Waals surface area contributed by atoms with Gasteiger partial charge in [-0.1, -0.05) is 140 Å². The lowest BCUT2D eigenvalue weighted by Gasteiger charge is -2.18. The minimum atomic E-state index is -4.76. The number of hydrogen-bond acceptors (Lipinski definition) is 6. The van der Waals surface area contributed by atoms with Crippen LogP contribution in [0.5, 0.6) is 0 Å². The fourth-order valence-electron chi connectivity index (χ4n) is 5.38. The van der Waals surface area contributed by atoms with Crippen molar-refractivity contribution >= 4 is 19.8 Å². The van der Waals surface area contributed by atoms with Gasteiger partial charge in [0.1, 0.15) is 6.61 Å². The quantitative estimate of drug-likeness (QED) is 0.0287. The van der Waals surface area contributed by atoms with Gasteiger partial charge in [-0.05, 0) is 57.8 Å². The van der Waals surface area contributed by atoms with Crippen molar-refractivity contribution in [2.45, 2.75) is 186 Å². The zero-order chi connectivity index (χ0) is 35.4. The lowest BCUT2D eigenvalue weighted by molar-refractivity contribution is -0.161. The molecular weight excluding hydrogens is 627 g/mol. The van der Waals surface area contributed by atoms with E-state index in [9.17, 15) is 14.2 Å². The molecule has 0 aromatic rings. The highest BCUT2D eigenvalue weighted by molar-refractivity contribution is 7.46. The van der Waals surface area contributed by atoms with Crippen molar-refractivity contribution in [3.63, 3.8) is 0 Å². The minimum absolute atomic E-state index is 0.169. The number of esters is 2. The van der Waals surface area contributed by atoms with Crippen LogP contribution in [0.3, 0.4) is 0 Å². The Labute approximate surface area is 293 Å². The van der Waals surface area contributed by atoms with Crippen molar-refractivity contribution < 1.29 is 37.9 Å². The third-order valence-corrected chi connectivity index (χ3v) is 8.76. The van der Waals surface area contributed by atoms with Crippen LogP contribution in [0.1, 0.15) is 180 Å². The molecule has 0 radical (unpaired) electrons. The van der Waals surface area contributed by atoms with E-state index in [4.69, 9.17) is 19.3 Å². The third-order valence-electron chi connectivity index (χ3n) is 8.28. The van der Waals surface area contributed by atoms with Crippen LogP contribution in [-0.2, 0) is 28.2 Å². The van der Waals surface area contributed by atoms with E-state index in [2.05, 4.69) is 42.3 Å². The van der Waals surface area contributed by atoms with E-state index in [1.165, 1.54) is 103 Å². The molecule has 0 saturated carbocycles. The molecule has 9 heteroatoms. The lowest BCUT2D eigenvalue weighted by Crippen LogP contribution is -2.29. The van der Waals surface area contributed by atoms with Gasteiger partial charge < -0.3 is 19.3 Å². The van der Waals surface area contributed by atoms with Crippen LogP contribution in [-0.4, -0.2) is 41.0 Å². The van der Waals surface area contributed by atoms with E-state index in [0.29, 0.717) is 6.42 Å². The number of allylic oxidation sites excluding steroid dienone is 5. The van der Waals surface area contributed by atoms with Gasteiger partial charge in [0.05, 0.1) is 6.61 Å². The van der Waals surface area contributed by atoms with Gasteiger partial charge in [-0.25, -0.2) is 4.57 Å². The van der Waals surface area contributed by atoms with Crippen molar-refractivity contribution in [1.29, 1.82) is 0 Å². The summed E-state index contributed by atoms with van der Waals surface area (Å²) in [5.74, 6) is -0.924. The van der Waals surface area contributed by atoms with Crippen LogP contribution >= 0.6 is 7.82 Å². The number of phosphoric acid groups is 1. The van der Waals surface area contributed by atoms with E-state index in [1.807, 2.05) is 6.08 Å². The molecule has 0 unspecified atom stereocenters. The van der Waals surface area contributed by atoms with Crippen molar-refractivity contribution in [2.24, 2.45) is 0 Å². The zero-order valence-corrected chi connectivity index (χ0v) is 31.4. The normalized spacial score (nSPS) is 12.6. The van der Waals surface area contributed by atoms with Crippen LogP contribution in [0.2, 0.25) is 0 Å². The average Bonchev–Trinajstić information content (AvgIpc) is 3.05. The van der Waals surface area contributed by atoms with Gasteiger partial charge >= 0.3 is 19.8 Å². The van der Waals surface area contributed by atoms with Gasteiger partial charge in [0.15, 0.2) is 6.10 Å². The highest BCUT2D eigenvalue weighted by atomic mass is 31.2. The summed E-state index contributed by atoms with van der Waals surface area (Å²) in [6, 6.07) is 0. The molecule has 0 aliphatic carbocycles. The maximum atomic E-state index is 12.3. The molecule has 48 heavy (non-hydrogen) atoms. The number of carbonyl (C=O) groups excluding carboxylic acids is 2. The fraction of sp³-hybridized carbons (Fsp3) is 0.795. The summed E-state index contributed by atoms with van der Waals surface area (Å²) in [5, 5.41) is 0. The highest BCUT2D eigenvalue weighted by Crippen LogP contribution is 2.36. The third kappa shape index (κ3) is 37.1. The van der Waals surface area contributed by atoms with E-state index in [1.54, 1.807) is 0 Å². The molecule has 280 valence electrons. The molecule has 0 amide bonds. The summed E-state index contributed by atoms with van der Waals surface area (Å²) in [6.45, 7) is 5.16. The van der Waals surface area contributed by atoms with Gasteiger partial charge in [-0.3, -0.25) is 14.1 Å². The number of rotatable bonds is 36. The maximum absolute atomic E-state index is 12.3. The molecule has 0 heterocycles. The molecule has 0 aromatic heterocycles. The Morgan fingerprint density at radius 1 is 0.604 bits per heavy atom. The molecule has 0 aromatic carbocycles. The van der Waals surface area contributed by atoms with Gasteiger partial charge in [-0.2, -0.15) is 0 Å². The van der Waals surface area contributed by atoms with Crippen molar-refractivity contribution in [3.8, 4) is 0 Å². The maximum Gasteiger partial charge on any atom is 0.469 e. The Bertz CT molecular complexity index is 866. The second-order valence-corrected chi connectivity index (χ2v) is 14.2.